The van der Waals surface area contributed by atoms with Crippen molar-refractivity contribution in [3.63, 3.8) is 0 Å². The Kier molecular flexibility index (Phi) is 6.29. The molecule has 2 atom stereocenters. The Bertz CT molecular complexity index is 1530. The Labute approximate surface area is 216 Å². The molecule has 5 rings (SSSR count). The maximum atomic E-state index is 13.0. The molecule has 3 aromatic rings. The third-order valence-corrected chi connectivity index (χ3v) is 6.57. The molecule has 0 aromatic heterocycles. The lowest BCUT2D eigenvalue weighted by Gasteiger charge is -2.27. The summed E-state index contributed by atoms with van der Waals surface area (Å²) < 4.78 is 0. The molecule has 0 bridgehead atoms. The molecule has 0 radical (unpaired) electrons. The number of carboxylic acids is 1. The average molecular weight is 511 g/mol. The maximum Gasteiger partial charge on any atom is 0.326 e. The second-order valence-electron chi connectivity index (χ2n) is 9.03. The predicted octanol–water partition coefficient (Wildman–Crippen LogP) is 2.18. The number of imide groups is 1. The van der Waals surface area contributed by atoms with Gasteiger partial charge in [-0.3, -0.25) is 14.4 Å². The molecule has 190 valence electrons. The number of nitrogens with zero attached hydrogens (tertiary/aromatic N) is 2. The van der Waals surface area contributed by atoms with Crippen LogP contribution in [0.25, 0.3) is 0 Å². The van der Waals surface area contributed by atoms with Crippen LogP contribution in [-0.4, -0.2) is 46.8 Å². The van der Waals surface area contributed by atoms with Gasteiger partial charge in [0.05, 0.1) is 23.7 Å². The van der Waals surface area contributed by atoms with E-state index in [1.54, 1.807) is 60.7 Å². The van der Waals surface area contributed by atoms with Crippen LogP contribution in [0.1, 0.15) is 33.0 Å². The summed E-state index contributed by atoms with van der Waals surface area (Å²) in [5.74, 6) is -3.77. The molecule has 0 saturated carbocycles. The van der Waals surface area contributed by atoms with Gasteiger partial charge < -0.3 is 21.0 Å². The average Bonchev–Trinajstić information content (AvgIpc) is 3.28. The molecular formula is C28H22N4O6. The second-order valence-corrected chi connectivity index (χ2v) is 9.03. The van der Waals surface area contributed by atoms with E-state index in [-0.39, 0.29) is 18.6 Å². The van der Waals surface area contributed by atoms with Crippen molar-refractivity contribution in [2.45, 2.75) is 24.8 Å². The minimum absolute atomic E-state index is 0.0474. The number of rotatable bonds is 7. The van der Waals surface area contributed by atoms with Crippen LogP contribution in [0.2, 0.25) is 0 Å². The van der Waals surface area contributed by atoms with Crippen LogP contribution in [0.3, 0.4) is 0 Å². The topological polar surface area (TPSA) is 159 Å². The number of amides is 3. The fourth-order valence-corrected chi connectivity index (χ4v) is 4.66. The lowest BCUT2D eigenvalue weighted by molar-refractivity contribution is -0.141. The van der Waals surface area contributed by atoms with Crippen LogP contribution in [0, 0.1) is 0 Å². The van der Waals surface area contributed by atoms with E-state index in [0.717, 1.165) is 4.90 Å². The van der Waals surface area contributed by atoms with Gasteiger partial charge in [0, 0.05) is 17.7 Å². The largest absolute Gasteiger partial charge is 0.480 e. The molecule has 2 heterocycles. The highest BCUT2D eigenvalue weighted by atomic mass is 16.4. The van der Waals surface area contributed by atoms with Crippen molar-refractivity contribution in [3.8, 4) is 0 Å². The quantitative estimate of drug-likeness (QED) is 0.249. The number of para-hydroxylation sites is 1. The van der Waals surface area contributed by atoms with Crippen molar-refractivity contribution < 1.29 is 29.1 Å². The number of carbonyl (C=O) groups excluding carboxylic acids is 4. The van der Waals surface area contributed by atoms with Gasteiger partial charge in [0.1, 0.15) is 18.0 Å². The zero-order valence-electron chi connectivity index (χ0n) is 20.0. The van der Waals surface area contributed by atoms with Crippen molar-refractivity contribution in [2.75, 3.05) is 10.6 Å². The summed E-state index contributed by atoms with van der Waals surface area (Å²) in [4.78, 5) is 67.5. The number of benzene rings is 3. The molecular weight excluding hydrogens is 488 g/mol. The van der Waals surface area contributed by atoms with E-state index in [0.29, 0.717) is 45.6 Å². The van der Waals surface area contributed by atoms with Gasteiger partial charge in [0.25, 0.3) is 11.8 Å². The number of hydrogen-bond acceptors (Lipinski definition) is 7. The summed E-state index contributed by atoms with van der Waals surface area (Å²) >= 11 is 0. The van der Waals surface area contributed by atoms with Crippen LogP contribution < -0.4 is 16.0 Å². The number of aliphatic carboxylic acids is 1. The van der Waals surface area contributed by atoms with Gasteiger partial charge >= 0.3 is 5.97 Å². The second kappa shape index (κ2) is 9.74. The Hall–Kier alpha value is -5.12. The Balaban J connectivity index is 1.31. The Morgan fingerprint density at radius 3 is 2.55 bits per heavy atom. The molecule has 4 N–H and O–H groups in total. The first-order valence-corrected chi connectivity index (χ1v) is 11.8. The van der Waals surface area contributed by atoms with E-state index < -0.39 is 35.7 Å². The number of aldehydes is 1. The number of fused-ring (bicyclic) bond motifs is 2. The van der Waals surface area contributed by atoms with Crippen molar-refractivity contribution in [2.24, 2.45) is 4.99 Å². The summed E-state index contributed by atoms with van der Waals surface area (Å²) in [5, 5.41) is 12.2. The molecule has 38 heavy (non-hydrogen) atoms. The number of carbonyl (C=O) groups is 5. The molecule has 10 nitrogen and oxygen atoms in total. The fourth-order valence-electron chi connectivity index (χ4n) is 4.66. The molecule has 2 aliphatic rings. The number of nitrogen functional groups attached to an aromatic ring is 1. The van der Waals surface area contributed by atoms with Gasteiger partial charge in [-0.05, 0) is 47.0 Å². The number of nitrogens with two attached hydrogens (primary N) is 1. The summed E-state index contributed by atoms with van der Waals surface area (Å²) in [6, 6.07) is 16.6. The smallest absolute Gasteiger partial charge is 0.326 e. The standard InChI is InChI=1S/C28H22N4O6/c29-17-8-7-16-12-24(34)32(27(36)20(16)13-17)18-9-5-15(6-10-18)11-23(28(37)38)31-26(35)25-21(14-33)19-3-1-2-4-22(19)30-25/h1-10,13-14,21,23H,11-12,29H2,(H,31,35)(H,37,38). The van der Waals surface area contributed by atoms with E-state index >= 15 is 0 Å². The fraction of sp³-hybridized carbons (Fsp3) is 0.143. The summed E-state index contributed by atoms with van der Waals surface area (Å²) in [7, 11) is 0. The van der Waals surface area contributed by atoms with E-state index in [4.69, 9.17) is 5.73 Å². The van der Waals surface area contributed by atoms with E-state index in [1.165, 1.54) is 6.07 Å². The molecule has 0 saturated heterocycles. The lowest BCUT2D eigenvalue weighted by Crippen LogP contribution is -2.46. The van der Waals surface area contributed by atoms with E-state index in [9.17, 15) is 29.1 Å². The van der Waals surface area contributed by atoms with Crippen molar-refractivity contribution in [1.29, 1.82) is 0 Å². The first-order chi connectivity index (χ1) is 18.3. The van der Waals surface area contributed by atoms with Crippen molar-refractivity contribution in [3.05, 3.63) is 89.0 Å². The molecule has 10 heteroatoms. The number of anilines is 2. The number of hydrogen-bond donors (Lipinski definition) is 3. The molecule has 2 aliphatic heterocycles. The summed E-state index contributed by atoms with van der Waals surface area (Å²) in [6.45, 7) is 0. The molecule has 0 aliphatic carbocycles. The van der Waals surface area contributed by atoms with Crippen molar-refractivity contribution >= 4 is 52.8 Å². The highest BCUT2D eigenvalue weighted by Crippen LogP contribution is 2.34. The Morgan fingerprint density at radius 1 is 1.11 bits per heavy atom. The van der Waals surface area contributed by atoms with Gasteiger partial charge in [0.15, 0.2) is 0 Å². The van der Waals surface area contributed by atoms with Crippen LogP contribution in [0.4, 0.5) is 17.1 Å². The number of nitrogens with one attached hydrogen (secondary N) is 1. The van der Waals surface area contributed by atoms with E-state index in [2.05, 4.69) is 10.3 Å². The van der Waals surface area contributed by atoms with Crippen LogP contribution in [-0.2, 0) is 32.0 Å². The monoisotopic (exact) mass is 510 g/mol. The lowest BCUT2D eigenvalue weighted by atomic mass is 9.96. The first-order valence-electron chi connectivity index (χ1n) is 11.8. The first kappa shape index (κ1) is 24.6. The predicted molar refractivity (Wildman–Crippen MR) is 138 cm³/mol. The van der Waals surface area contributed by atoms with Gasteiger partial charge in [-0.15, -0.1) is 0 Å². The van der Waals surface area contributed by atoms with Crippen LogP contribution >= 0.6 is 0 Å². The minimum Gasteiger partial charge on any atom is -0.480 e. The SMILES string of the molecule is Nc1ccc2c(c1)C(=O)N(c1ccc(CC(NC(=O)C3=Nc4ccccc4C3C=O)C(=O)O)cc1)C(=O)C2. The maximum absolute atomic E-state index is 13.0. The zero-order chi connectivity index (χ0) is 27.0. The highest BCUT2D eigenvalue weighted by Gasteiger charge is 2.34. The Morgan fingerprint density at radius 2 is 1.84 bits per heavy atom. The van der Waals surface area contributed by atoms with Gasteiger partial charge in [-0.25, -0.2) is 14.7 Å². The van der Waals surface area contributed by atoms with Crippen LogP contribution in [0.5, 0.6) is 0 Å². The van der Waals surface area contributed by atoms with Gasteiger partial charge in [-0.2, -0.15) is 0 Å². The van der Waals surface area contributed by atoms with Gasteiger partial charge in [0.2, 0.25) is 5.91 Å². The summed E-state index contributed by atoms with van der Waals surface area (Å²) in [5.41, 5.74) is 9.07. The third-order valence-electron chi connectivity index (χ3n) is 6.57. The number of carboxylic acid groups (broad SMARTS) is 1. The molecule has 0 fully saturated rings. The minimum atomic E-state index is -1.31. The van der Waals surface area contributed by atoms with Crippen LogP contribution in [0.15, 0.2) is 71.7 Å². The third kappa shape index (κ3) is 4.43. The number of aliphatic imine (C=N–C) groups is 1. The molecule has 3 amide bonds. The molecule has 3 aromatic carbocycles. The normalized spacial score (nSPS) is 16.8. The van der Waals surface area contributed by atoms with Crippen molar-refractivity contribution in [1.82, 2.24) is 5.32 Å². The highest BCUT2D eigenvalue weighted by molar-refractivity contribution is 6.45. The summed E-state index contributed by atoms with van der Waals surface area (Å²) in [6.07, 6.45) is 0.578. The molecule has 0 spiro atoms. The zero-order valence-corrected chi connectivity index (χ0v) is 20.0. The van der Waals surface area contributed by atoms with E-state index in [1.807, 2.05) is 0 Å². The van der Waals surface area contributed by atoms with Gasteiger partial charge in [-0.1, -0.05) is 36.4 Å². The molecule has 2 unspecified atom stereocenters.